The molecule has 0 unspecified atom stereocenters. The summed E-state index contributed by atoms with van der Waals surface area (Å²) in [6, 6.07) is 0. The Morgan fingerprint density at radius 3 is 2.00 bits per heavy atom. The van der Waals surface area contributed by atoms with E-state index in [0.717, 1.165) is 0 Å². The Morgan fingerprint density at radius 2 is 1.90 bits per heavy atom. The number of hydrogen-bond donors (Lipinski definition) is 2. The second kappa shape index (κ2) is 3.33. The molecule has 0 radical (unpaired) electrons. The average Bonchev–Trinajstić information content (AvgIpc) is 1.60. The molecule has 0 atom stereocenters. The Morgan fingerprint density at radius 1 is 1.50 bits per heavy atom. The maximum absolute atomic E-state index is 10.5. The van der Waals surface area contributed by atoms with Crippen molar-refractivity contribution in [3.05, 3.63) is 11.4 Å². The molecule has 0 fully saturated rings. The minimum atomic E-state index is -3.95. The molecule has 0 rings (SSSR count). The molecule has 0 aliphatic rings. The molecular weight excluding hydrogens is 151 g/mol. The lowest BCUT2D eigenvalue weighted by Crippen LogP contribution is -1.84. The van der Waals surface area contributed by atoms with Crippen molar-refractivity contribution in [3.8, 4) is 0 Å². The maximum atomic E-state index is 10.5. The number of allylic oxidation sites excluding steroid dienone is 2. The molecule has 0 aliphatic heterocycles. The summed E-state index contributed by atoms with van der Waals surface area (Å²) in [5.41, 5.74) is 0. The van der Waals surface area contributed by atoms with Gasteiger partial charge in [0.15, 0.2) is 0 Å². The molecule has 0 aliphatic carbocycles. The van der Waals surface area contributed by atoms with Crippen molar-refractivity contribution < 1.29 is 14.4 Å². The van der Waals surface area contributed by atoms with Crippen molar-refractivity contribution >= 4 is 7.60 Å². The highest BCUT2D eigenvalue weighted by atomic mass is 31.2. The highest BCUT2D eigenvalue weighted by Gasteiger charge is 2.15. The van der Waals surface area contributed by atoms with Crippen LogP contribution in [0.3, 0.4) is 0 Å². The van der Waals surface area contributed by atoms with Crippen molar-refractivity contribution in [3.63, 3.8) is 0 Å². The van der Waals surface area contributed by atoms with Crippen LogP contribution in [0.5, 0.6) is 0 Å². The van der Waals surface area contributed by atoms with Gasteiger partial charge in [-0.2, -0.15) is 0 Å². The molecule has 0 heterocycles. The standard InChI is InChI=1S/C6H13O3P/c1-5(2)4-6(3)10(7,8)9/h4-5H,1-3H3,(H2,7,8,9). The van der Waals surface area contributed by atoms with E-state index in [0.29, 0.717) is 0 Å². The van der Waals surface area contributed by atoms with Gasteiger partial charge < -0.3 is 9.79 Å². The van der Waals surface area contributed by atoms with Crippen molar-refractivity contribution in [2.75, 3.05) is 0 Å². The van der Waals surface area contributed by atoms with Gasteiger partial charge in [-0.1, -0.05) is 19.9 Å². The zero-order valence-electron chi connectivity index (χ0n) is 6.40. The monoisotopic (exact) mass is 164 g/mol. The van der Waals surface area contributed by atoms with Crippen LogP contribution in [0.2, 0.25) is 0 Å². The lowest BCUT2D eigenvalue weighted by molar-refractivity contribution is 0.381. The second-order valence-corrected chi connectivity index (χ2v) is 4.39. The first-order valence-corrected chi connectivity index (χ1v) is 4.70. The molecular formula is C6H13O3P. The molecule has 4 heteroatoms. The maximum Gasteiger partial charge on any atom is 0.351 e. The Balaban J connectivity index is 4.36. The molecule has 0 saturated heterocycles. The van der Waals surface area contributed by atoms with Crippen molar-refractivity contribution in [2.24, 2.45) is 5.92 Å². The van der Waals surface area contributed by atoms with Crippen LogP contribution in [0.25, 0.3) is 0 Å². The quantitative estimate of drug-likeness (QED) is 0.611. The fourth-order valence-electron chi connectivity index (χ4n) is 0.580. The van der Waals surface area contributed by atoms with E-state index in [9.17, 15) is 4.57 Å². The van der Waals surface area contributed by atoms with Crippen LogP contribution in [0.15, 0.2) is 11.4 Å². The number of rotatable bonds is 2. The van der Waals surface area contributed by atoms with Crippen LogP contribution in [0.1, 0.15) is 20.8 Å². The lowest BCUT2D eigenvalue weighted by atomic mass is 10.2. The normalized spacial score (nSPS) is 14.4. The molecule has 0 saturated carbocycles. The molecule has 3 nitrogen and oxygen atoms in total. The fourth-order valence-corrected chi connectivity index (χ4v) is 1.07. The average molecular weight is 164 g/mol. The molecule has 10 heavy (non-hydrogen) atoms. The third-order valence-corrected chi connectivity index (χ3v) is 2.10. The van der Waals surface area contributed by atoms with Crippen LogP contribution in [0, 0.1) is 5.92 Å². The van der Waals surface area contributed by atoms with E-state index in [-0.39, 0.29) is 11.2 Å². The summed E-state index contributed by atoms with van der Waals surface area (Å²) in [4.78, 5) is 17.2. The first-order chi connectivity index (χ1) is 4.34. The smallest absolute Gasteiger partial charge is 0.321 e. The summed E-state index contributed by atoms with van der Waals surface area (Å²) >= 11 is 0. The number of hydrogen-bond acceptors (Lipinski definition) is 1. The summed E-state index contributed by atoms with van der Waals surface area (Å²) in [7, 11) is -3.95. The van der Waals surface area contributed by atoms with Crippen LogP contribution < -0.4 is 0 Å². The van der Waals surface area contributed by atoms with E-state index in [1.165, 1.54) is 6.92 Å². The largest absolute Gasteiger partial charge is 0.351 e. The van der Waals surface area contributed by atoms with E-state index in [1.54, 1.807) is 6.08 Å². The summed E-state index contributed by atoms with van der Waals surface area (Å²) in [6.45, 7) is 5.19. The molecule has 0 aromatic rings. The molecule has 0 aromatic heterocycles. The topological polar surface area (TPSA) is 57.5 Å². The Kier molecular flexibility index (Phi) is 3.29. The van der Waals surface area contributed by atoms with E-state index in [2.05, 4.69) is 0 Å². The fraction of sp³-hybridized carbons (Fsp3) is 0.667. The minimum Gasteiger partial charge on any atom is -0.321 e. The Bertz CT molecular complexity index is 177. The zero-order chi connectivity index (χ0) is 8.36. The molecule has 60 valence electrons. The highest BCUT2D eigenvalue weighted by Crippen LogP contribution is 2.44. The Hall–Kier alpha value is -0.110. The second-order valence-electron chi connectivity index (χ2n) is 2.60. The van der Waals surface area contributed by atoms with Gasteiger partial charge in [-0.05, 0) is 12.8 Å². The van der Waals surface area contributed by atoms with Crippen LogP contribution in [-0.2, 0) is 4.57 Å². The lowest BCUT2D eigenvalue weighted by Gasteiger charge is -2.04. The van der Waals surface area contributed by atoms with Gasteiger partial charge >= 0.3 is 7.60 Å². The summed E-state index contributed by atoms with van der Waals surface area (Å²) in [6.07, 6.45) is 1.57. The highest BCUT2D eigenvalue weighted by molar-refractivity contribution is 7.56. The predicted molar refractivity (Wildman–Crippen MR) is 40.6 cm³/mol. The van der Waals surface area contributed by atoms with Gasteiger partial charge in [0.05, 0.1) is 0 Å². The van der Waals surface area contributed by atoms with E-state index in [4.69, 9.17) is 9.79 Å². The van der Waals surface area contributed by atoms with Gasteiger partial charge in [-0.25, -0.2) is 0 Å². The zero-order valence-corrected chi connectivity index (χ0v) is 7.30. The molecule has 0 spiro atoms. The van der Waals surface area contributed by atoms with Crippen LogP contribution >= 0.6 is 7.60 Å². The van der Waals surface area contributed by atoms with Crippen LogP contribution in [-0.4, -0.2) is 9.79 Å². The first-order valence-electron chi connectivity index (χ1n) is 3.08. The van der Waals surface area contributed by atoms with Crippen LogP contribution in [0.4, 0.5) is 0 Å². The van der Waals surface area contributed by atoms with Gasteiger partial charge in [0.25, 0.3) is 0 Å². The van der Waals surface area contributed by atoms with Gasteiger partial charge in [0.1, 0.15) is 0 Å². The molecule has 0 aromatic carbocycles. The van der Waals surface area contributed by atoms with Gasteiger partial charge in [-0.3, -0.25) is 4.57 Å². The molecule has 0 bridgehead atoms. The third kappa shape index (κ3) is 3.83. The van der Waals surface area contributed by atoms with E-state index in [1.807, 2.05) is 13.8 Å². The van der Waals surface area contributed by atoms with Gasteiger partial charge in [-0.15, -0.1) is 0 Å². The molecule has 2 N–H and O–H groups in total. The first kappa shape index (κ1) is 9.89. The summed E-state index contributed by atoms with van der Waals surface area (Å²) in [5, 5.41) is 0.155. The van der Waals surface area contributed by atoms with E-state index >= 15 is 0 Å². The van der Waals surface area contributed by atoms with Crippen molar-refractivity contribution in [1.82, 2.24) is 0 Å². The van der Waals surface area contributed by atoms with E-state index < -0.39 is 7.60 Å². The predicted octanol–water partition coefficient (Wildman–Crippen LogP) is 1.72. The third-order valence-electron chi connectivity index (χ3n) is 1.03. The molecule has 0 amide bonds. The SMILES string of the molecule is CC(=CC(C)C)P(=O)(O)O. The Labute approximate surface area is 60.9 Å². The van der Waals surface area contributed by atoms with Crippen molar-refractivity contribution in [2.45, 2.75) is 20.8 Å². The summed E-state index contributed by atoms with van der Waals surface area (Å²) in [5.74, 6) is 0.188. The van der Waals surface area contributed by atoms with Gasteiger partial charge in [0.2, 0.25) is 0 Å². The minimum absolute atomic E-state index is 0.155. The van der Waals surface area contributed by atoms with Crippen molar-refractivity contribution in [1.29, 1.82) is 0 Å². The van der Waals surface area contributed by atoms with Gasteiger partial charge in [0, 0.05) is 5.31 Å². The summed E-state index contributed by atoms with van der Waals surface area (Å²) < 4.78 is 10.5.